The molecule has 134 valence electrons. The summed E-state index contributed by atoms with van der Waals surface area (Å²) in [5.74, 6) is -0.652. The first-order chi connectivity index (χ1) is 10.3. The number of hydrogen-bond acceptors (Lipinski definition) is 1. The van der Waals surface area contributed by atoms with Crippen molar-refractivity contribution in [1.29, 1.82) is 0 Å². The maximum atomic E-state index is 10.3. The first kappa shape index (κ1) is 23.7. The largest absolute Gasteiger partial charge is 0.481 e. The van der Waals surface area contributed by atoms with Crippen LogP contribution in [0, 0.1) is 0 Å². The van der Waals surface area contributed by atoms with Crippen LogP contribution in [0.4, 0.5) is 0 Å². The molecule has 0 atom stereocenters. The van der Waals surface area contributed by atoms with Gasteiger partial charge in [0.25, 0.3) is 0 Å². The van der Waals surface area contributed by atoms with Gasteiger partial charge in [-0.2, -0.15) is 0 Å². The zero-order chi connectivity index (χ0) is 15.6. The summed E-state index contributed by atoms with van der Waals surface area (Å²) in [5, 5.41) is 8.53. The number of hydrogen-bond donors (Lipinski definition) is 1. The molecule has 0 aliphatic heterocycles. The van der Waals surface area contributed by atoms with Crippen molar-refractivity contribution in [2.45, 2.75) is 124 Å². The molecule has 0 spiro atoms. The smallest absolute Gasteiger partial charge is 0.303 e. The van der Waals surface area contributed by atoms with Crippen LogP contribution in [0.5, 0.6) is 0 Å². The van der Waals surface area contributed by atoms with E-state index in [0.717, 1.165) is 12.8 Å². The van der Waals surface area contributed by atoms with Crippen molar-refractivity contribution >= 4 is 5.97 Å². The van der Waals surface area contributed by atoms with E-state index in [-0.39, 0.29) is 7.43 Å². The van der Waals surface area contributed by atoms with Gasteiger partial charge in [-0.25, -0.2) is 0 Å². The first-order valence-electron chi connectivity index (χ1n) is 9.49. The molecule has 0 aliphatic rings. The number of unbranched alkanes of at least 4 members (excludes halogenated alkanes) is 15. The Bertz CT molecular complexity index is 214. The van der Waals surface area contributed by atoms with Crippen LogP contribution >= 0.6 is 0 Å². The van der Waals surface area contributed by atoms with E-state index < -0.39 is 5.97 Å². The average Bonchev–Trinajstić information content (AvgIpc) is 2.46. The van der Waals surface area contributed by atoms with E-state index in [9.17, 15) is 4.79 Å². The topological polar surface area (TPSA) is 37.3 Å². The molecule has 0 bridgehead atoms. The van der Waals surface area contributed by atoms with Crippen LogP contribution in [0.15, 0.2) is 0 Å². The van der Waals surface area contributed by atoms with E-state index >= 15 is 0 Å². The van der Waals surface area contributed by atoms with Crippen molar-refractivity contribution in [3.05, 3.63) is 0 Å². The summed E-state index contributed by atoms with van der Waals surface area (Å²) in [6.45, 7) is 2.27. The molecule has 22 heavy (non-hydrogen) atoms. The van der Waals surface area contributed by atoms with E-state index in [2.05, 4.69) is 6.92 Å². The first-order valence-corrected chi connectivity index (χ1v) is 9.49. The fourth-order valence-corrected chi connectivity index (χ4v) is 2.82. The van der Waals surface area contributed by atoms with E-state index in [1.165, 1.54) is 89.9 Å². The van der Waals surface area contributed by atoms with Gasteiger partial charge in [-0.3, -0.25) is 4.79 Å². The van der Waals surface area contributed by atoms with Gasteiger partial charge < -0.3 is 5.11 Å². The molecule has 0 heterocycles. The third-order valence-electron chi connectivity index (χ3n) is 4.24. The van der Waals surface area contributed by atoms with E-state index in [4.69, 9.17) is 5.11 Å². The van der Waals surface area contributed by atoms with Gasteiger partial charge in [0.05, 0.1) is 0 Å². The van der Waals surface area contributed by atoms with Crippen LogP contribution in [-0.4, -0.2) is 11.1 Å². The Morgan fingerprint density at radius 1 is 0.591 bits per heavy atom. The standard InChI is InChI=1S/C19H38O2.CH4/c1-2-3-4-5-6-7-8-9-10-11-12-13-14-15-16-17-18-19(20)21;/h2-18H2,1H3,(H,20,21);1H4. The predicted molar refractivity (Wildman–Crippen MR) is 98.5 cm³/mol. The van der Waals surface area contributed by atoms with E-state index in [1.807, 2.05) is 0 Å². The summed E-state index contributed by atoms with van der Waals surface area (Å²) < 4.78 is 0. The minimum Gasteiger partial charge on any atom is -0.481 e. The zero-order valence-electron chi connectivity index (χ0n) is 14.4. The minimum absolute atomic E-state index is 0. The molecule has 0 aromatic rings. The second-order valence-electron chi connectivity index (χ2n) is 6.45. The molecule has 2 nitrogen and oxygen atoms in total. The normalized spacial score (nSPS) is 10.4. The quantitative estimate of drug-likeness (QED) is 0.285. The maximum absolute atomic E-state index is 10.3. The Labute approximate surface area is 140 Å². The zero-order valence-corrected chi connectivity index (χ0v) is 14.4. The van der Waals surface area contributed by atoms with E-state index in [1.54, 1.807) is 0 Å². The molecule has 0 unspecified atom stereocenters. The maximum Gasteiger partial charge on any atom is 0.303 e. The number of rotatable bonds is 17. The van der Waals surface area contributed by atoms with Gasteiger partial charge in [0.1, 0.15) is 0 Å². The van der Waals surface area contributed by atoms with Crippen molar-refractivity contribution in [2.75, 3.05) is 0 Å². The van der Waals surface area contributed by atoms with Gasteiger partial charge in [-0.1, -0.05) is 111 Å². The molecule has 0 aromatic carbocycles. The van der Waals surface area contributed by atoms with Crippen LogP contribution in [0.1, 0.15) is 124 Å². The molecular weight excluding hydrogens is 272 g/mol. The third-order valence-corrected chi connectivity index (χ3v) is 4.24. The second kappa shape index (κ2) is 20.5. The highest BCUT2D eigenvalue weighted by atomic mass is 16.4. The number of aliphatic carboxylic acids is 1. The molecule has 0 radical (unpaired) electrons. The van der Waals surface area contributed by atoms with Crippen LogP contribution in [0.2, 0.25) is 0 Å². The second-order valence-corrected chi connectivity index (χ2v) is 6.45. The lowest BCUT2D eigenvalue weighted by molar-refractivity contribution is -0.137. The van der Waals surface area contributed by atoms with Crippen LogP contribution < -0.4 is 0 Å². The van der Waals surface area contributed by atoms with E-state index in [0.29, 0.717) is 6.42 Å². The highest BCUT2D eigenvalue weighted by Crippen LogP contribution is 2.13. The molecule has 2 heteroatoms. The molecule has 0 aliphatic carbocycles. The van der Waals surface area contributed by atoms with Crippen molar-refractivity contribution in [2.24, 2.45) is 0 Å². The van der Waals surface area contributed by atoms with Gasteiger partial charge in [0.2, 0.25) is 0 Å². The number of carbonyl (C=O) groups is 1. The summed E-state index contributed by atoms with van der Waals surface area (Å²) in [4.78, 5) is 10.3. The lowest BCUT2D eigenvalue weighted by atomic mass is 10.0. The molecule has 1 N–H and O–H groups in total. The average molecular weight is 315 g/mol. The highest BCUT2D eigenvalue weighted by molar-refractivity contribution is 5.66. The fraction of sp³-hybridized carbons (Fsp3) is 0.950. The van der Waals surface area contributed by atoms with Crippen molar-refractivity contribution in [3.63, 3.8) is 0 Å². The van der Waals surface area contributed by atoms with Gasteiger partial charge in [0.15, 0.2) is 0 Å². The minimum atomic E-state index is -0.652. The summed E-state index contributed by atoms with van der Waals surface area (Å²) in [7, 11) is 0. The Balaban J connectivity index is 0. The van der Waals surface area contributed by atoms with Gasteiger partial charge in [0, 0.05) is 6.42 Å². The van der Waals surface area contributed by atoms with Crippen LogP contribution in [-0.2, 0) is 4.79 Å². The monoisotopic (exact) mass is 314 g/mol. The number of carboxylic acids is 1. The lowest BCUT2D eigenvalue weighted by Crippen LogP contribution is -1.93. The Kier molecular flexibility index (Phi) is 22.1. The molecule has 0 fully saturated rings. The summed E-state index contributed by atoms with van der Waals surface area (Å²) in [6, 6.07) is 0. The summed E-state index contributed by atoms with van der Waals surface area (Å²) in [5.41, 5.74) is 0. The van der Waals surface area contributed by atoms with Gasteiger partial charge >= 0.3 is 5.97 Å². The Morgan fingerprint density at radius 2 is 0.864 bits per heavy atom. The molecular formula is C20H42O2. The fourth-order valence-electron chi connectivity index (χ4n) is 2.82. The van der Waals surface area contributed by atoms with Gasteiger partial charge in [-0.05, 0) is 6.42 Å². The lowest BCUT2D eigenvalue weighted by Gasteiger charge is -2.03. The Hall–Kier alpha value is -0.530. The molecule has 0 saturated carbocycles. The molecule has 0 rings (SSSR count). The number of carboxylic acid groups (broad SMARTS) is 1. The van der Waals surface area contributed by atoms with Crippen molar-refractivity contribution in [1.82, 2.24) is 0 Å². The van der Waals surface area contributed by atoms with Crippen LogP contribution in [0.3, 0.4) is 0 Å². The molecule has 0 saturated heterocycles. The van der Waals surface area contributed by atoms with Gasteiger partial charge in [-0.15, -0.1) is 0 Å². The highest BCUT2D eigenvalue weighted by Gasteiger charge is 1.97. The van der Waals surface area contributed by atoms with Crippen LogP contribution in [0.25, 0.3) is 0 Å². The summed E-state index contributed by atoms with van der Waals surface area (Å²) >= 11 is 0. The van der Waals surface area contributed by atoms with Crippen molar-refractivity contribution in [3.8, 4) is 0 Å². The molecule has 0 amide bonds. The van der Waals surface area contributed by atoms with Crippen molar-refractivity contribution < 1.29 is 9.90 Å². The Morgan fingerprint density at radius 3 is 1.14 bits per heavy atom. The summed E-state index contributed by atoms with van der Waals surface area (Å²) in [6.07, 6.45) is 21.7. The third kappa shape index (κ3) is 21.8. The molecule has 0 aromatic heterocycles. The predicted octanol–water partition coefficient (Wildman–Crippen LogP) is 7.36. The SMILES string of the molecule is C.CCCCCCCCCCCCCCCCCCC(=O)O.